The van der Waals surface area contributed by atoms with Gasteiger partial charge in [-0.3, -0.25) is 10.1 Å². The number of benzene rings is 3. The van der Waals surface area contributed by atoms with E-state index in [1.165, 1.54) is 10.8 Å². The Morgan fingerprint density at radius 3 is 2.62 bits per heavy atom. The second kappa shape index (κ2) is 11.1. The molecular formula is C29H22ClN3O2S2. The number of carbonyl (C=O) groups is 1. The molecule has 0 saturated carbocycles. The summed E-state index contributed by atoms with van der Waals surface area (Å²) >= 11 is 13.1. The van der Waals surface area contributed by atoms with Crippen LogP contribution in [0.15, 0.2) is 89.4 Å². The molecule has 0 spiro atoms. The fourth-order valence-corrected chi connectivity index (χ4v) is 4.97. The third-order valence-electron chi connectivity index (χ3n) is 5.67. The van der Waals surface area contributed by atoms with E-state index in [-0.39, 0.29) is 11.0 Å². The Morgan fingerprint density at radius 2 is 1.84 bits per heavy atom. The van der Waals surface area contributed by atoms with Crippen molar-refractivity contribution in [3.63, 3.8) is 0 Å². The number of thiocarbonyl (C=S) groups is 1. The Bertz CT molecular complexity index is 1590. The van der Waals surface area contributed by atoms with Gasteiger partial charge in [-0.15, -0.1) is 11.3 Å². The molecule has 0 radical (unpaired) electrons. The quantitative estimate of drug-likeness (QED) is 0.173. The van der Waals surface area contributed by atoms with E-state index in [9.17, 15) is 4.79 Å². The minimum absolute atomic E-state index is 0.249. The molecule has 8 heteroatoms. The van der Waals surface area contributed by atoms with Crippen molar-refractivity contribution in [1.82, 2.24) is 15.6 Å². The average molecular weight is 544 g/mol. The van der Waals surface area contributed by atoms with Crippen molar-refractivity contribution in [2.75, 3.05) is 0 Å². The van der Waals surface area contributed by atoms with E-state index in [1.807, 2.05) is 73.7 Å². The van der Waals surface area contributed by atoms with Crippen LogP contribution in [0.5, 0.6) is 0 Å². The van der Waals surface area contributed by atoms with Crippen LogP contribution in [0.3, 0.4) is 0 Å². The highest BCUT2D eigenvalue weighted by Crippen LogP contribution is 2.30. The van der Waals surface area contributed by atoms with Crippen molar-refractivity contribution < 1.29 is 9.21 Å². The molecule has 0 unspecified atom stereocenters. The third-order valence-corrected chi connectivity index (χ3v) is 7.41. The number of amides is 1. The van der Waals surface area contributed by atoms with Gasteiger partial charge >= 0.3 is 0 Å². The Balaban J connectivity index is 1.12. The van der Waals surface area contributed by atoms with Gasteiger partial charge in [0.1, 0.15) is 16.5 Å². The number of aromatic nitrogens is 1. The topological polar surface area (TPSA) is 67.2 Å². The van der Waals surface area contributed by atoms with Crippen molar-refractivity contribution in [2.24, 2.45) is 0 Å². The molecule has 0 saturated heterocycles. The highest BCUT2D eigenvalue weighted by atomic mass is 35.5. The fourth-order valence-electron chi connectivity index (χ4n) is 3.64. The molecule has 5 rings (SSSR count). The number of hydrogen-bond acceptors (Lipinski definition) is 5. The summed E-state index contributed by atoms with van der Waals surface area (Å²) in [6.07, 6.45) is 2.98. The molecule has 0 aliphatic heterocycles. The maximum absolute atomic E-state index is 12.3. The molecule has 5 aromatic rings. The van der Waals surface area contributed by atoms with Crippen molar-refractivity contribution in [2.45, 2.75) is 13.5 Å². The van der Waals surface area contributed by atoms with Crippen LogP contribution in [0.4, 0.5) is 0 Å². The number of nitrogens with one attached hydrogen (secondary N) is 2. The van der Waals surface area contributed by atoms with Crippen LogP contribution in [0, 0.1) is 6.92 Å². The van der Waals surface area contributed by atoms with Crippen LogP contribution in [-0.2, 0) is 11.3 Å². The smallest absolute Gasteiger partial charge is 0.250 e. The second-order valence-electron chi connectivity index (χ2n) is 8.35. The Hall–Kier alpha value is -3.78. The van der Waals surface area contributed by atoms with Gasteiger partial charge in [0.2, 0.25) is 5.91 Å². The van der Waals surface area contributed by atoms with Gasteiger partial charge in [-0.1, -0.05) is 60.1 Å². The summed E-state index contributed by atoms with van der Waals surface area (Å²) in [7, 11) is 0. The molecule has 1 amide bonds. The van der Waals surface area contributed by atoms with Crippen LogP contribution in [0.2, 0.25) is 5.02 Å². The lowest BCUT2D eigenvalue weighted by atomic mass is 10.1. The van der Waals surface area contributed by atoms with Crippen LogP contribution in [0.25, 0.3) is 38.2 Å². The number of para-hydroxylation sites is 1. The lowest BCUT2D eigenvalue weighted by molar-refractivity contribution is -0.115. The van der Waals surface area contributed by atoms with Crippen LogP contribution in [-0.4, -0.2) is 16.0 Å². The van der Waals surface area contributed by atoms with Gasteiger partial charge < -0.3 is 9.73 Å². The molecule has 184 valence electrons. The van der Waals surface area contributed by atoms with Crippen molar-refractivity contribution in [3.05, 3.63) is 107 Å². The van der Waals surface area contributed by atoms with E-state index in [0.717, 1.165) is 32.8 Å². The number of hydrogen-bond donors (Lipinski definition) is 2. The van der Waals surface area contributed by atoms with Gasteiger partial charge in [0.25, 0.3) is 0 Å². The van der Waals surface area contributed by atoms with E-state index in [0.29, 0.717) is 23.1 Å². The summed E-state index contributed by atoms with van der Waals surface area (Å²) in [4.78, 5) is 17.0. The van der Waals surface area contributed by atoms with Gasteiger partial charge in [-0.2, -0.15) is 0 Å². The number of rotatable bonds is 6. The molecule has 2 heterocycles. The summed E-state index contributed by atoms with van der Waals surface area (Å²) in [6.45, 7) is 2.44. The molecule has 3 aromatic carbocycles. The lowest BCUT2D eigenvalue weighted by Crippen LogP contribution is -2.37. The monoisotopic (exact) mass is 543 g/mol. The van der Waals surface area contributed by atoms with Crippen molar-refractivity contribution in [1.29, 1.82) is 0 Å². The van der Waals surface area contributed by atoms with Crippen molar-refractivity contribution in [3.8, 4) is 21.9 Å². The number of nitrogens with zero attached hydrogens (tertiary/aromatic N) is 1. The molecule has 0 aliphatic carbocycles. The minimum atomic E-state index is -0.347. The number of thiazole rings is 1. The van der Waals surface area contributed by atoms with E-state index >= 15 is 0 Å². The van der Waals surface area contributed by atoms with Crippen molar-refractivity contribution >= 4 is 62.5 Å². The Kier molecular flexibility index (Phi) is 7.46. The molecule has 2 N–H and O–H groups in total. The lowest BCUT2D eigenvalue weighted by Gasteiger charge is -2.08. The van der Waals surface area contributed by atoms with Gasteiger partial charge in [0, 0.05) is 28.8 Å². The van der Waals surface area contributed by atoms with Gasteiger partial charge in [-0.05, 0) is 66.7 Å². The van der Waals surface area contributed by atoms with Gasteiger partial charge in [0.15, 0.2) is 5.11 Å². The van der Waals surface area contributed by atoms with Crippen LogP contribution in [0.1, 0.15) is 16.9 Å². The number of fused-ring (bicyclic) bond motifs is 1. The van der Waals surface area contributed by atoms with E-state index in [2.05, 4.69) is 16.7 Å². The summed E-state index contributed by atoms with van der Waals surface area (Å²) in [5.74, 6) is 0.877. The van der Waals surface area contributed by atoms with Gasteiger partial charge in [-0.25, -0.2) is 4.98 Å². The molecule has 0 atom stereocenters. The Labute approximate surface area is 228 Å². The zero-order valence-electron chi connectivity index (χ0n) is 19.8. The molecule has 0 bridgehead atoms. The summed E-state index contributed by atoms with van der Waals surface area (Å²) in [5, 5.41) is 7.63. The van der Waals surface area contributed by atoms with Gasteiger partial charge in [0.05, 0.1) is 10.2 Å². The van der Waals surface area contributed by atoms with E-state index in [1.54, 1.807) is 23.5 Å². The highest BCUT2D eigenvalue weighted by Gasteiger charge is 2.08. The number of halogens is 1. The first-order valence-corrected chi connectivity index (χ1v) is 13.1. The fraction of sp³-hybridized carbons (Fsp3) is 0.0690. The maximum Gasteiger partial charge on any atom is 0.250 e. The predicted octanol–water partition coefficient (Wildman–Crippen LogP) is 7.39. The number of carbonyl (C=O) groups excluding carboxylic acids is 1. The number of aryl methyl sites for hydroxylation is 1. The standard InChI is InChI=1S/C29H22ClN3O2S2/c1-18-6-9-21(16-23(18)30)25-14-12-22(35-25)13-15-27(34)33-29(36)31-17-19-7-10-20(11-8-19)28-32-24-4-2-3-5-26(24)37-28/h2-16H,17H2,1H3,(H2,31,33,34,36)/b15-13+. The molecular weight excluding hydrogens is 522 g/mol. The number of furan rings is 1. The minimum Gasteiger partial charge on any atom is -0.457 e. The third kappa shape index (κ3) is 6.14. The van der Waals surface area contributed by atoms with Crippen LogP contribution >= 0.6 is 35.2 Å². The largest absolute Gasteiger partial charge is 0.457 e. The maximum atomic E-state index is 12.3. The molecule has 37 heavy (non-hydrogen) atoms. The SMILES string of the molecule is Cc1ccc(-c2ccc(/C=C/C(=O)NC(=S)NCc3ccc(-c4nc5ccccc5s4)cc3)o2)cc1Cl. The second-order valence-corrected chi connectivity index (χ2v) is 10.2. The molecule has 0 fully saturated rings. The average Bonchev–Trinajstić information content (AvgIpc) is 3.56. The van der Waals surface area contributed by atoms with E-state index in [4.69, 9.17) is 33.2 Å². The Morgan fingerprint density at radius 1 is 1.05 bits per heavy atom. The molecule has 0 aliphatic rings. The zero-order valence-corrected chi connectivity index (χ0v) is 22.2. The summed E-state index contributed by atoms with van der Waals surface area (Å²) in [6, 6.07) is 25.6. The predicted molar refractivity (Wildman–Crippen MR) is 156 cm³/mol. The first-order chi connectivity index (χ1) is 17.9. The molecule has 2 aromatic heterocycles. The first-order valence-electron chi connectivity index (χ1n) is 11.5. The summed E-state index contributed by atoms with van der Waals surface area (Å²) < 4.78 is 6.97. The van der Waals surface area contributed by atoms with Crippen LogP contribution < -0.4 is 10.6 Å². The highest BCUT2D eigenvalue weighted by molar-refractivity contribution is 7.80. The van der Waals surface area contributed by atoms with E-state index < -0.39 is 0 Å². The first kappa shape index (κ1) is 24.9. The molecule has 5 nitrogen and oxygen atoms in total. The normalized spacial score (nSPS) is 11.2. The zero-order chi connectivity index (χ0) is 25.8. The summed E-state index contributed by atoms with van der Waals surface area (Å²) in [5.41, 5.74) is 4.99.